The molecule has 0 amide bonds. The van der Waals surface area contributed by atoms with Crippen LogP contribution in [-0.4, -0.2) is 34.0 Å². The molecule has 90 valence electrons. The number of carboxylic acids is 1. The van der Waals surface area contributed by atoms with Crippen LogP contribution in [0, 0.1) is 5.41 Å². The smallest absolute Gasteiger partial charge is 0.312 e. The van der Waals surface area contributed by atoms with Crippen molar-refractivity contribution >= 4 is 5.97 Å². The van der Waals surface area contributed by atoms with Gasteiger partial charge in [0.1, 0.15) is 0 Å². The predicted molar refractivity (Wildman–Crippen MR) is 57.6 cm³/mol. The molecule has 0 aromatic heterocycles. The van der Waals surface area contributed by atoms with E-state index in [4.69, 9.17) is 5.11 Å². The Kier molecular flexibility index (Phi) is 6.52. The van der Waals surface area contributed by atoms with Crippen LogP contribution in [0.5, 0.6) is 0 Å². The number of aliphatic hydroxyl groups excluding tert-OH is 2. The van der Waals surface area contributed by atoms with Crippen LogP contribution in [0.2, 0.25) is 0 Å². The molecule has 0 saturated heterocycles. The number of aliphatic hydroxyl groups is 2. The highest BCUT2D eigenvalue weighted by molar-refractivity contribution is 5.75. The van der Waals surface area contributed by atoms with Gasteiger partial charge in [0.05, 0.1) is 11.5 Å². The van der Waals surface area contributed by atoms with Gasteiger partial charge in [-0.2, -0.15) is 0 Å². The van der Waals surface area contributed by atoms with E-state index in [2.05, 4.69) is 0 Å². The number of hydrogen-bond acceptors (Lipinski definition) is 3. The van der Waals surface area contributed by atoms with E-state index in [1.807, 2.05) is 6.92 Å². The Morgan fingerprint density at radius 3 is 2.27 bits per heavy atom. The van der Waals surface area contributed by atoms with Gasteiger partial charge in [-0.05, 0) is 19.3 Å². The van der Waals surface area contributed by atoms with E-state index >= 15 is 0 Å². The second kappa shape index (κ2) is 6.80. The van der Waals surface area contributed by atoms with E-state index in [1.54, 1.807) is 6.92 Å². The lowest BCUT2D eigenvalue weighted by Crippen LogP contribution is -2.43. The quantitative estimate of drug-likeness (QED) is 0.575. The fourth-order valence-electron chi connectivity index (χ4n) is 1.90. The van der Waals surface area contributed by atoms with Gasteiger partial charge in [0.15, 0.2) is 0 Å². The minimum Gasteiger partial charge on any atom is -0.481 e. The van der Waals surface area contributed by atoms with Crippen molar-refractivity contribution in [1.29, 1.82) is 0 Å². The molecule has 4 heteroatoms. The van der Waals surface area contributed by atoms with Crippen molar-refractivity contribution in [2.45, 2.75) is 52.1 Å². The minimum atomic E-state index is -1.17. The molecule has 0 fully saturated rings. The highest BCUT2D eigenvalue weighted by atomic mass is 16.4. The summed E-state index contributed by atoms with van der Waals surface area (Å²) < 4.78 is 0. The molecule has 0 aliphatic carbocycles. The molecule has 0 aromatic rings. The van der Waals surface area contributed by atoms with Gasteiger partial charge in [0, 0.05) is 6.61 Å². The van der Waals surface area contributed by atoms with Gasteiger partial charge in [0.25, 0.3) is 0 Å². The van der Waals surface area contributed by atoms with E-state index in [9.17, 15) is 15.0 Å². The third-order valence-electron chi connectivity index (χ3n) is 2.98. The summed E-state index contributed by atoms with van der Waals surface area (Å²) in [5.74, 6) is -1.00. The summed E-state index contributed by atoms with van der Waals surface area (Å²) >= 11 is 0. The summed E-state index contributed by atoms with van der Waals surface area (Å²) in [6.07, 6.45) is 1.70. The fourth-order valence-corrected chi connectivity index (χ4v) is 1.90. The number of hydrogen-bond donors (Lipinski definition) is 3. The lowest BCUT2D eigenvalue weighted by Gasteiger charge is -2.33. The first kappa shape index (κ1) is 14.4. The van der Waals surface area contributed by atoms with Gasteiger partial charge in [-0.3, -0.25) is 4.79 Å². The van der Waals surface area contributed by atoms with Gasteiger partial charge in [-0.25, -0.2) is 0 Å². The van der Waals surface area contributed by atoms with Crippen LogP contribution in [0.15, 0.2) is 0 Å². The Morgan fingerprint density at radius 1 is 1.33 bits per heavy atom. The number of rotatable bonds is 8. The summed E-state index contributed by atoms with van der Waals surface area (Å²) in [5.41, 5.74) is -1.17. The maximum absolute atomic E-state index is 11.2. The lowest BCUT2D eigenvalue weighted by atomic mass is 9.74. The Morgan fingerprint density at radius 2 is 1.93 bits per heavy atom. The van der Waals surface area contributed by atoms with Crippen molar-refractivity contribution in [3.63, 3.8) is 0 Å². The van der Waals surface area contributed by atoms with Gasteiger partial charge in [0.2, 0.25) is 0 Å². The van der Waals surface area contributed by atoms with Crippen molar-refractivity contribution in [2.75, 3.05) is 6.61 Å². The molecule has 0 bridgehead atoms. The van der Waals surface area contributed by atoms with E-state index in [0.29, 0.717) is 12.8 Å². The molecule has 0 aliphatic rings. The Labute approximate surface area is 90.9 Å². The lowest BCUT2D eigenvalue weighted by molar-refractivity contribution is -0.159. The number of aliphatic carboxylic acids is 1. The minimum absolute atomic E-state index is 0.122. The predicted octanol–water partition coefficient (Wildman–Crippen LogP) is 1.40. The molecular weight excluding hydrogens is 196 g/mol. The molecule has 2 atom stereocenters. The van der Waals surface area contributed by atoms with Crippen molar-refractivity contribution in [2.24, 2.45) is 5.41 Å². The molecule has 0 aromatic carbocycles. The normalized spacial score (nSPS) is 17.1. The van der Waals surface area contributed by atoms with Gasteiger partial charge in [-0.1, -0.05) is 26.7 Å². The monoisotopic (exact) mass is 218 g/mol. The first-order chi connectivity index (χ1) is 7.05. The summed E-state index contributed by atoms with van der Waals surface area (Å²) in [7, 11) is 0. The number of carbonyl (C=O) groups is 1. The molecular formula is C11H22O4. The van der Waals surface area contributed by atoms with Crippen LogP contribution in [0.3, 0.4) is 0 Å². The molecule has 0 radical (unpaired) electrons. The third-order valence-corrected chi connectivity index (χ3v) is 2.98. The van der Waals surface area contributed by atoms with Crippen LogP contribution in [0.4, 0.5) is 0 Å². The van der Waals surface area contributed by atoms with Crippen LogP contribution >= 0.6 is 0 Å². The van der Waals surface area contributed by atoms with Crippen molar-refractivity contribution in [3.05, 3.63) is 0 Å². The third kappa shape index (κ3) is 3.47. The van der Waals surface area contributed by atoms with E-state index < -0.39 is 17.5 Å². The number of unbranched alkanes of at least 4 members (excludes halogenated alkanes) is 1. The molecule has 0 saturated carbocycles. The van der Waals surface area contributed by atoms with Crippen LogP contribution in [0.1, 0.15) is 46.0 Å². The summed E-state index contributed by atoms with van der Waals surface area (Å²) in [6, 6.07) is 0. The summed E-state index contributed by atoms with van der Waals surface area (Å²) in [6.45, 7) is 3.53. The van der Waals surface area contributed by atoms with Crippen molar-refractivity contribution in [3.8, 4) is 0 Å². The van der Waals surface area contributed by atoms with E-state index in [1.165, 1.54) is 0 Å². The molecule has 2 unspecified atom stereocenters. The second-order valence-electron chi connectivity index (χ2n) is 3.96. The average molecular weight is 218 g/mol. The Hall–Kier alpha value is -0.610. The zero-order valence-corrected chi connectivity index (χ0v) is 9.57. The number of carboxylic acid groups (broad SMARTS) is 1. The maximum Gasteiger partial charge on any atom is 0.312 e. The van der Waals surface area contributed by atoms with Crippen LogP contribution < -0.4 is 0 Å². The second-order valence-corrected chi connectivity index (χ2v) is 3.96. The van der Waals surface area contributed by atoms with Crippen LogP contribution in [-0.2, 0) is 4.79 Å². The molecule has 4 nitrogen and oxygen atoms in total. The summed E-state index contributed by atoms with van der Waals surface area (Å²) in [4.78, 5) is 11.2. The van der Waals surface area contributed by atoms with Gasteiger partial charge < -0.3 is 15.3 Å². The highest BCUT2D eigenvalue weighted by Crippen LogP contribution is 2.34. The zero-order chi connectivity index (χ0) is 11.9. The van der Waals surface area contributed by atoms with Gasteiger partial charge >= 0.3 is 5.97 Å². The van der Waals surface area contributed by atoms with E-state index in [-0.39, 0.29) is 13.0 Å². The first-order valence-corrected chi connectivity index (χ1v) is 5.57. The van der Waals surface area contributed by atoms with Crippen molar-refractivity contribution in [1.82, 2.24) is 0 Å². The van der Waals surface area contributed by atoms with Gasteiger partial charge in [-0.15, -0.1) is 0 Å². The average Bonchev–Trinajstić information content (AvgIpc) is 2.22. The SMILES string of the molecule is CCCCC(CCO)(C(=O)O)C(O)CC. The van der Waals surface area contributed by atoms with Crippen LogP contribution in [0.25, 0.3) is 0 Å². The summed E-state index contributed by atoms with van der Waals surface area (Å²) in [5, 5.41) is 27.9. The highest BCUT2D eigenvalue weighted by Gasteiger charge is 2.43. The standard InChI is InChI=1S/C11H22O4/c1-3-5-6-11(7-8-12,10(14)15)9(13)4-2/h9,12-13H,3-8H2,1-2H3,(H,14,15). The topological polar surface area (TPSA) is 77.8 Å². The molecule has 3 N–H and O–H groups in total. The molecule has 15 heavy (non-hydrogen) atoms. The molecule has 0 spiro atoms. The molecule has 0 rings (SSSR count). The van der Waals surface area contributed by atoms with E-state index in [0.717, 1.165) is 12.8 Å². The Balaban J connectivity index is 4.80. The zero-order valence-electron chi connectivity index (χ0n) is 9.57. The van der Waals surface area contributed by atoms with Crippen molar-refractivity contribution < 1.29 is 20.1 Å². The molecule has 0 aliphatic heterocycles. The largest absolute Gasteiger partial charge is 0.481 e. The Bertz CT molecular complexity index is 193. The molecule has 0 heterocycles. The maximum atomic E-state index is 11.2. The fraction of sp³-hybridized carbons (Fsp3) is 0.909. The first-order valence-electron chi connectivity index (χ1n) is 5.57.